The van der Waals surface area contributed by atoms with Crippen LogP contribution in [0.1, 0.15) is 30.9 Å². The highest BCUT2D eigenvalue weighted by Gasteiger charge is 2.11. The fraction of sp³-hybridized carbons (Fsp3) is 0.462. The first kappa shape index (κ1) is 13.4. The van der Waals surface area contributed by atoms with E-state index in [-0.39, 0.29) is 0 Å². The van der Waals surface area contributed by atoms with Crippen LogP contribution in [-0.2, 0) is 6.54 Å². The molecule has 0 radical (unpaired) electrons. The number of rotatable bonds is 4. The monoisotopic (exact) mass is 237 g/mol. The van der Waals surface area contributed by atoms with Crippen molar-refractivity contribution in [2.24, 2.45) is 0 Å². The second-order valence-corrected chi connectivity index (χ2v) is 4.36. The number of carboxylic acid groups (broad SMARTS) is 1. The molecule has 17 heavy (non-hydrogen) atoms. The van der Waals surface area contributed by atoms with Crippen LogP contribution in [-0.4, -0.2) is 30.3 Å². The topological polar surface area (TPSA) is 49.8 Å². The van der Waals surface area contributed by atoms with Gasteiger partial charge in [-0.3, -0.25) is 0 Å². The zero-order chi connectivity index (χ0) is 13.0. The van der Waals surface area contributed by atoms with Gasteiger partial charge in [-0.05, 0) is 17.5 Å². The SMILES string of the molecule is COc1cc(C(C)C)ccc1CN(C)C(=O)O. The van der Waals surface area contributed by atoms with Crippen molar-refractivity contribution in [3.63, 3.8) is 0 Å². The lowest BCUT2D eigenvalue weighted by Crippen LogP contribution is -2.24. The van der Waals surface area contributed by atoms with Crippen LogP contribution in [0.15, 0.2) is 18.2 Å². The molecular formula is C13H19NO3. The van der Waals surface area contributed by atoms with Gasteiger partial charge in [-0.1, -0.05) is 26.0 Å². The molecule has 0 heterocycles. The molecule has 4 heteroatoms. The van der Waals surface area contributed by atoms with Gasteiger partial charge >= 0.3 is 6.09 Å². The van der Waals surface area contributed by atoms with Crippen molar-refractivity contribution in [3.8, 4) is 5.75 Å². The lowest BCUT2D eigenvalue weighted by molar-refractivity contribution is 0.153. The molecule has 94 valence electrons. The summed E-state index contributed by atoms with van der Waals surface area (Å²) in [5, 5.41) is 8.83. The molecule has 0 aliphatic rings. The molecule has 0 unspecified atom stereocenters. The Kier molecular flexibility index (Phi) is 4.37. The third-order valence-corrected chi connectivity index (χ3v) is 2.71. The van der Waals surface area contributed by atoms with Crippen molar-refractivity contribution in [2.75, 3.05) is 14.2 Å². The number of nitrogens with zero attached hydrogens (tertiary/aromatic N) is 1. The quantitative estimate of drug-likeness (QED) is 0.875. The Hall–Kier alpha value is -1.71. The summed E-state index contributed by atoms with van der Waals surface area (Å²) in [6.07, 6.45) is -0.944. The Morgan fingerprint density at radius 2 is 2.12 bits per heavy atom. The van der Waals surface area contributed by atoms with Crippen LogP contribution in [0.3, 0.4) is 0 Å². The maximum Gasteiger partial charge on any atom is 0.407 e. The lowest BCUT2D eigenvalue weighted by Gasteiger charge is -2.17. The third-order valence-electron chi connectivity index (χ3n) is 2.71. The maximum absolute atomic E-state index is 10.8. The van der Waals surface area contributed by atoms with Gasteiger partial charge in [-0.2, -0.15) is 0 Å². The van der Waals surface area contributed by atoms with E-state index < -0.39 is 6.09 Å². The van der Waals surface area contributed by atoms with E-state index in [1.54, 1.807) is 7.11 Å². The van der Waals surface area contributed by atoms with Gasteiger partial charge in [0.05, 0.1) is 13.7 Å². The zero-order valence-electron chi connectivity index (χ0n) is 10.7. The summed E-state index contributed by atoms with van der Waals surface area (Å²) in [6.45, 7) is 4.55. The molecule has 0 bridgehead atoms. The summed E-state index contributed by atoms with van der Waals surface area (Å²) in [4.78, 5) is 12.0. The average Bonchev–Trinajstić information content (AvgIpc) is 2.28. The summed E-state index contributed by atoms with van der Waals surface area (Å²) < 4.78 is 5.30. The smallest absolute Gasteiger partial charge is 0.407 e. The van der Waals surface area contributed by atoms with Gasteiger partial charge in [0.1, 0.15) is 5.75 Å². The van der Waals surface area contributed by atoms with E-state index in [0.29, 0.717) is 12.5 Å². The molecule has 0 saturated carbocycles. The minimum absolute atomic E-state index is 0.330. The van der Waals surface area contributed by atoms with Crippen LogP contribution >= 0.6 is 0 Å². The minimum atomic E-state index is -0.944. The first-order valence-electron chi connectivity index (χ1n) is 5.56. The van der Waals surface area contributed by atoms with Crippen LogP contribution in [0.2, 0.25) is 0 Å². The highest BCUT2D eigenvalue weighted by atomic mass is 16.5. The van der Waals surface area contributed by atoms with Crippen molar-refractivity contribution in [3.05, 3.63) is 29.3 Å². The molecule has 4 nitrogen and oxygen atoms in total. The Labute approximate surface area is 102 Å². The number of methoxy groups -OCH3 is 1. The number of carbonyl (C=O) groups is 1. The average molecular weight is 237 g/mol. The second kappa shape index (κ2) is 5.57. The number of amides is 1. The van der Waals surface area contributed by atoms with Crippen molar-refractivity contribution in [1.82, 2.24) is 4.90 Å². The van der Waals surface area contributed by atoms with Gasteiger partial charge in [0, 0.05) is 12.6 Å². The molecule has 0 atom stereocenters. The Morgan fingerprint density at radius 1 is 1.47 bits per heavy atom. The number of ether oxygens (including phenoxy) is 1. The van der Waals surface area contributed by atoms with Crippen molar-refractivity contribution < 1.29 is 14.6 Å². The molecule has 0 aliphatic heterocycles. The standard InChI is InChI=1S/C13H19NO3/c1-9(2)10-5-6-11(12(7-10)17-4)8-14(3)13(15)16/h5-7,9H,8H2,1-4H3,(H,15,16). The first-order chi connectivity index (χ1) is 7.95. The second-order valence-electron chi connectivity index (χ2n) is 4.36. The van der Waals surface area contributed by atoms with E-state index in [1.807, 2.05) is 18.2 Å². The fourth-order valence-corrected chi connectivity index (χ4v) is 1.57. The summed E-state index contributed by atoms with van der Waals surface area (Å²) in [6, 6.07) is 5.90. The zero-order valence-corrected chi connectivity index (χ0v) is 10.7. The molecule has 1 aromatic carbocycles. The molecule has 1 aromatic rings. The third kappa shape index (κ3) is 3.37. The van der Waals surface area contributed by atoms with Crippen molar-refractivity contribution >= 4 is 6.09 Å². The van der Waals surface area contributed by atoms with Crippen LogP contribution < -0.4 is 4.74 Å². The lowest BCUT2D eigenvalue weighted by atomic mass is 10.0. The maximum atomic E-state index is 10.8. The van der Waals surface area contributed by atoms with E-state index in [4.69, 9.17) is 9.84 Å². The van der Waals surface area contributed by atoms with Crippen molar-refractivity contribution in [1.29, 1.82) is 0 Å². The van der Waals surface area contributed by atoms with Crippen molar-refractivity contribution in [2.45, 2.75) is 26.3 Å². The molecule has 1 rings (SSSR count). The largest absolute Gasteiger partial charge is 0.496 e. The number of hydrogen-bond donors (Lipinski definition) is 1. The van der Waals surface area contributed by atoms with Crippen LogP contribution in [0, 0.1) is 0 Å². The molecule has 1 N–H and O–H groups in total. The van der Waals surface area contributed by atoms with Crippen LogP contribution in [0.4, 0.5) is 4.79 Å². The minimum Gasteiger partial charge on any atom is -0.496 e. The molecule has 0 fully saturated rings. The Bertz CT molecular complexity index is 402. The summed E-state index contributed by atoms with van der Waals surface area (Å²) in [7, 11) is 3.14. The molecular weight excluding hydrogens is 218 g/mol. The van der Waals surface area contributed by atoms with Gasteiger partial charge in [0.15, 0.2) is 0 Å². The van der Waals surface area contributed by atoms with Gasteiger partial charge in [0.2, 0.25) is 0 Å². The Balaban J connectivity index is 2.96. The van der Waals surface area contributed by atoms with E-state index in [2.05, 4.69) is 13.8 Å². The number of benzene rings is 1. The molecule has 0 aliphatic carbocycles. The summed E-state index contributed by atoms with van der Waals surface area (Å²) in [5.74, 6) is 1.17. The highest BCUT2D eigenvalue weighted by molar-refractivity contribution is 5.64. The predicted molar refractivity (Wildman–Crippen MR) is 66.6 cm³/mol. The normalized spacial score (nSPS) is 10.4. The van der Waals surface area contributed by atoms with Gasteiger partial charge < -0.3 is 14.7 Å². The van der Waals surface area contributed by atoms with Gasteiger partial charge in [-0.15, -0.1) is 0 Å². The van der Waals surface area contributed by atoms with E-state index in [9.17, 15) is 4.79 Å². The van der Waals surface area contributed by atoms with Crippen LogP contribution in [0.5, 0.6) is 5.75 Å². The molecule has 0 aromatic heterocycles. The molecule has 0 spiro atoms. The number of hydrogen-bond acceptors (Lipinski definition) is 2. The highest BCUT2D eigenvalue weighted by Crippen LogP contribution is 2.25. The Morgan fingerprint density at radius 3 is 2.59 bits per heavy atom. The summed E-state index contributed by atoms with van der Waals surface area (Å²) >= 11 is 0. The van der Waals surface area contributed by atoms with E-state index >= 15 is 0 Å². The molecule has 1 amide bonds. The fourth-order valence-electron chi connectivity index (χ4n) is 1.57. The first-order valence-corrected chi connectivity index (χ1v) is 5.56. The van der Waals surface area contributed by atoms with Gasteiger partial charge in [-0.25, -0.2) is 4.79 Å². The van der Waals surface area contributed by atoms with Crippen LogP contribution in [0.25, 0.3) is 0 Å². The van der Waals surface area contributed by atoms with E-state index in [0.717, 1.165) is 11.3 Å². The summed E-state index contributed by atoms with van der Waals surface area (Å²) in [5.41, 5.74) is 2.06. The van der Waals surface area contributed by atoms with Gasteiger partial charge in [0.25, 0.3) is 0 Å². The molecule has 0 saturated heterocycles. The predicted octanol–water partition coefficient (Wildman–Crippen LogP) is 2.93. The van der Waals surface area contributed by atoms with E-state index in [1.165, 1.54) is 17.5 Å².